The standard InChI is InChI=1S/C15H22ClN3O/c1-6-17-13(12-7-9(2)20-11(12)4)8-14-15(16)10(3)18-19(14)5/h7,13,17H,6,8H2,1-5H3. The van der Waals surface area contributed by atoms with Crippen LogP contribution in [0.15, 0.2) is 10.5 Å². The summed E-state index contributed by atoms with van der Waals surface area (Å²) in [6.07, 6.45) is 0.795. The van der Waals surface area contributed by atoms with Gasteiger partial charge in [-0.05, 0) is 33.4 Å². The molecule has 0 aromatic carbocycles. The van der Waals surface area contributed by atoms with E-state index in [-0.39, 0.29) is 6.04 Å². The normalized spacial score (nSPS) is 12.9. The molecule has 0 amide bonds. The molecule has 0 aliphatic heterocycles. The fraction of sp³-hybridized carbons (Fsp3) is 0.533. The Morgan fingerprint density at radius 1 is 1.40 bits per heavy atom. The molecule has 2 heterocycles. The van der Waals surface area contributed by atoms with E-state index in [1.807, 2.05) is 32.5 Å². The van der Waals surface area contributed by atoms with Crippen LogP contribution < -0.4 is 5.32 Å². The van der Waals surface area contributed by atoms with Gasteiger partial charge < -0.3 is 9.73 Å². The van der Waals surface area contributed by atoms with Gasteiger partial charge in [0.05, 0.1) is 16.4 Å². The summed E-state index contributed by atoms with van der Waals surface area (Å²) in [5.41, 5.74) is 3.12. The molecule has 0 fully saturated rings. The van der Waals surface area contributed by atoms with E-state index in [0.29, 0.717) is 0 Å². The number of likely N-dealkylation sites (N-methyl/N-ethyl adjacent to an activating group) is 1. The number of furan rings is 1. The number of halogens is 1. The Labute approximate surface area is 125 Å². The summed E-state index contributed by atoms with van der Waals surface area (Å²) in [7, 11) is 1.94. The minimum Gasteiger partial charge on any atom is -0.466 e. The van der Waals surface area contributed by atoms with Crippen molar-refractivity contribution in [3.63, 3.8) is 0 Å². The van der Waals surface area contributed by atoms with E-state index in [9.17, 15) is 0 Å². The molecule has 1 atom stereocenters. The highest BCUT2D eigenvalue weighted by molar-refractivity contribution is 6.31. The zero-order valence-electron chi connectivity index (χ0n) is 12.7. The highest BCUT2D eigenvalue weighted by Crippen LogP contribution is 2.28. The van der Waals surface area contributed by atoms with E-state index in [0.717, 1.165) is 40.9 Å². The van der Waals surface area contributed by atoms with E-state index >= 15 is 0 Å². The zero-order chi connectivity index (χ0) is 14.9. The lowest BCUT2D eigenvalue weighted by molar-refractivity contribution is 0.480. The summed E-state index contributed by atoms with van der Waals surface area (Å²) in [6, 6.07) is 2.28. The summed E-state index contributed by atoms with van der Waals surface area (Å²) in [5, 5.41) is 8.64. The molecular formula is C15H22ClN3O. The Bertz CT molecular complexity index is 601. The number of nitrogens with one attached hydrogen (secondary N) is 1. The largest absolute Gasteiger partial charge is 0.466 e. The second kappa shape index (κ2) is 6.02. The van der Waals surface area contributed by atoms with Gasteiger partial charge in [0, 0.05) is 25.1 Å². The quantitative estimate of drug-likeness (QED) is 0.918. The molecule has 2 aromatic rings. The lowest BCUT2D eigenvalue weighted by Crippen LogP contribution is -2.24. The van der Waals surface area contributed by atoms with Crippen molar-refractivity contribution in [3.05, 3.63) is 39.6 Å². The number of hydrogen-bond acceptors (Lipinski definition) is 3. The van der Waals surface area contributed by atoms with Crippen LogP contribution in [0.4, 0.5) is 0 Å². The third-order valence-corrected chi connectivity index (χ3v) is 4.06. The molecule has 20 heavy (non-hydrogen) atoms. The van der Waals surface area contributed by atoms with E-state index in [2.05, 4.69) is 23.4 Å². The van der Waals surface area contributed by atoms with E-state index < -0.39 is 0 Å². The third-order valence-electron chi connectivity index (χ3n) is 3.56. The van der Waals surface area contributed by atoms with Crippen molar-refractivity contribution in [2.45, 2.75) is 40.2 Å². The fourth-order valence-corrected chi connectivity index (χ4v) is 2.87. The Morgan fingerprint density at radius 2 is 2.10 bits per heavy atom. The fourth-order valence-electron chi connectivity index (χ4n) is 2.63. The lowest BCUT2D eigenvalue weighted by Gasteiger charge is -2.17. The maximum Gasteiger partial charge on any atom is 0.105 e. The number of hydrogen-bond donors (Lipinski definition) is 1. The van der Waals surface area contributed by atoms with Gasteiger partial charge in [-0.2, -0.15) is 5.10 Å². The molecular weight excluding hydrogens is 274 g/mol. The number of aryl methyl sites for hydroxylation is 4. The summed E-state index contributed by atoms with van der Waals surface area (Å²) < 4.78 is 7.52. The van der Waals surface area contributed by atoms with Gasteiger partial charge >= 0.3 is 0 Å². The molecule has 1 N–H and O–H groups in total. The minimum absolute atomic E-state index is 0.185. The van der Waals surface area contributed by atoms with Crippen LogP contribution in [-0.4, -0.2) is 16.3 Å². The topological polar surface area (TPSA) is 43.0 Å². The second-order valence-corrected chi connectivity index (χ2v) is 5.53. The molecule has 0 aliphatic rings. The molecule has 0 spiro atoms. The first-order valence-electron chi connectivity index (χ1n) is 6.92. The predicted molar refractivity (Wildman–Crippen MR) is 81.3 cm³/mol. The molecule has 4 nitrogen and oxygen atoms in total. The van der Waals surface area contributed by atoms with Crippen molar-refractivity contribution in [1.82, 2.24) is 15.1 Å². The van der Waals surface area contributed by atoms with Crippen molar-refractivity contribution in [2.75, 3.05) is 6.54 Å². The average molecular weight is 296 g/mol. The summed E-state index contributed by atoms with van der Waals surface area (Å²) in [4.78, 5) is 0. The molecule has 0 bridgehead atoms. The summed E-state index contributed by atoms with van der Waals surface area (Å²) >= 11 is 6.36. The molecule has 0 saturated heterocycles. The van der Waals surface area contributed by atoms with Crippen molar-refractivity contribution in [2.24, 2.45) is 7.05 Å². The van der Waals surface area contributed by atoms with E-state index in [1.165, 1.54) is 5.56 Å². The molecule has 110 valence electrons. The number of aromatic nitrogens is 2. The number of rotatable bonds is 5. The van der Waals surface area contributed by atoms with Crippen molar-refractivity contribution in [3.8, 4) is 0 Å². The smallest absolute Gasteiger partial charge is 0.105 e. The zero-order valence-corrected chi connectivity index (χ0v) is 13.5. The predicted octanol–water partition coefficient (Wildman–Crippen LogP) is 3.49. The van der Waals surface area contributed by atoms with Crippen molar-refractivity contribution >= 4 is 11.6 Å². The van der Waals surface area contributed by atoms with Gasteiger partial charge in [-0.3, -0.25) is 4.68 Å². The monoisotopic (exact) mass is 295 g/mol. The van der Waals surface area contributed by atoms with Crippen LogP contribution in [0.2, 0.25) is 5.02 Å². The minimum atomic E-state index is 0.185. The second-order valence-electron chi connectivity index (χ2n) is 5.15. The van der Waals surface area contributed by atoms with Gasteiger partial charge in [-0.15, -0.1) is 0 Å². The van der Waals surface area contributed by atoms with Crippen LogP contribution in [-0.2, 0) is 13.5 Å². The molecule has 2 rings (SSSR count). The Balaban J connectivity index is 2.32. The van der Waals surface area contributed by atoms with Crippen molar-refractivity contribution < 1.29 is 4.42 Å². The first kappa shape index (κ1) is 15.1. The highest BCUT2D eigenvalue weighted by Gasteiger charge is 2.21. The number of nitrogens with zero attached hydrogens (tertiary/aromatic N) is 2. The van der Waals surface area contributed by atoms with Crippen LogP contribution in [0.3, 0.4) is 0 Å². The van der Waals surface area contributed by atoms with E-state index in [4.69, 9.17) is 16.0 Å². The van der Waals surface area contributed by atoms with Crippen LogP contribution in [0.1, 0.15) is 41.4 Å². The maximum absolute atomic E-state index is 6.36. The van der Waals surface area contributed by atoms with E-state index in [1.54, 1.807) is 0 Å². The molecule has 0 aliphatic carbocycles. The van der Waals surface area contributed by atoms with Gasteiger partial charge in [-0.1, -0.05) is 18.5 Å². The Hall–Kier alpha value is -1.26. The highest BCUT2D eigenvalue weighted by atomic mass is 35.5. The van der Waals surface area contributed by atoms with Gasteiger partial charge in [-0.25, -0.2) is 0 Å². The molecule has 0 saturated carbocycles. The molecule has 0 radical (unpaired) electrons. The maximum atomic E-state index is 6.36. The van der Waals surface area contributed by atoms with Crippen LogP contribution in [0, 0.1) is 20.8 Å². The lowest BCUT2D eigenvalue weighted by atomic mass is 10.0. The van der Waals surface area contributed by atoms with Crippen LogP contribution in [0.5, 0.6) is 0 Å². The third kappa shape index (κ3) is 2.91. The van der Waals surface area contributed by atoms with Gasteiger partial charge in [0.15, 0.2) is 0 Å². The Morgan fingerprint density at radius 3 is 2.55 bits per heavy atom. The van der Waals surface area contributed by atoms with Crippen LogP contribution in [0.25, 0.3) is 0 Å². The first-order valence-corrected chi connectivity index (χ1v) is 7.30. The van der Waals surface area contributed by atoms with Gasteiger partial charge in [0.25, 0.3) is 0 Å². The van der Waals surface area contributed by atoms with Crippen LogP contribution >= 0.6 is 11.6 Å². The molecule has 1 unspecified atom stereocenters. The summed E-state index contributed by atoms with van der Waals surface area (Å²) in [6.45, 7) is 8.90. The van der Waals surface area contributed by atoms with Gasteiger partial charge in [0.2, 0.25) is 0 Å². The molecule has 2 aromatic heterocycles. The van der Waals surface area contributed by atoms with Gasteiger partial charge in [0.1, 0.15) is 11.5 Å². The first-order chi connectivity index (χ1) is 9.43. The Kier molecular flexibility index (Phi) is 4.55. The molecule has 5 heteroatoms. The average Bonchev–Trinajstić information content (AvgIpc) is 2.82. The summed E-state index contributed by atoms with van der Waals surface area (Å²) in [5.74, 6) is 1.90. The SMILES string of the molecule is CCNC(Cc1c(Cl)c(C)nn1C)c1cc(C)oc1C. The van der Waals surface area contributed by atoms with Crippen molar-refractivity contribution in [1.29, 1.82) is 0 Å².